The molecule has 1 unspecified atom stereocenters. The van der Waals surface area contributed by atoms with Gasteiger partial charge in [-0.05, 0) is 57.4 Å². The lowest BCUT2D eigenvalue weighted by Gasteiger charge is -2.33. The van der Waals surface area contributed by atoms with Crippen molar-refractivity contribution in [2.24, 2.45) is 0 Å². The highest BCUT2D eigenvalue weighted by Crippen LogP contribution is 2.19. The minimum Gasteiger partial charge on any atom is -0.352 e. The second-order valence-corrected chi connectivity index (χ2v) is 9.53. The first-order valence-corrected chi connectivity index (χ1v) is 10.7. The molecule has 26 heavy (non-hydrogen) atoms. The molecule has 1 aliphatic heterocycles. The molecule has 1 atom stereocenters. The number of nitrogens with one attached hydrogen (secondary N) is 1. The van der Waals surface area contributed by atoms with Crippen LogP contribution in [0.25, 0.3) is 0 Å². The Morgan fingerprint density at radius 2 is 1.88 bits per heavy atom. The molecule has 1 aromatic carbocycles. The first kappa shape index (κ1) is 20.4. The summed E-state index contributed by atoms with van der Waals surface area (Å²) in [7, 11) is -3.34. The zero-order valence-electron chi connectivity index (χ0n) is 15.7. The average Bonchev–Trinajstić information content (AvgIpc) is 2.61. The van der Waals surface area contributed by atoms with Gasteiger partial charge in [0.2, 0.25) is 5.91 Å². The van der Waals surface area contributed by atoms with Gasteiger partial charge in [0.05, 0.1) is 10.1 Å². The van der Waals surface area contributed by atoms with Crippen LogP contribution >= 0.6 is 0 Å². The fraction of sp³-hybridized carbons (Fsp3) is 0.579. The first-order chi connectivity index (χ1) is 12.3. The van der Waals surface area contributed by atoms with Gasteiger partial charge in [-0.3, -0.25) is 9.59 Å². The predicted molar refractivity (Wildman–Crippen MR) is 101 cm³/mol. The zero-order chi connectivity index (χ0) is 19.3. The van der Waals surface area contributed by atoms with E-state index in [4.69, 9.17) is 0 Å². The highest BCUT2D eigenvalue weighted by atomic mass is 32.2. The molecule has 1 fully saturated rings. The number of carbonyl (C=O) groups is 2. The summed E-state index contributed by atoms with van der Waals surface area (Å²) < 4.78 is 24.4. The van der Waals surface area contributed by atoms with Crippen molar-refractivity contribution in [2.75, 3.05) is 13.1 Å². The molecule has 0 aliphatic carbocycles. The van der Waals surface area contributed by atoms with E-state index >= 15 is 0 Å². The van der Waals surface area contributed by atoms with Gasteiger partial charge in [0.15, 0.2) is 9.84 Å². The molecule has 0 radical (unpaired) electrons. The smallest absolute Gasteiger partial charge is 0.253 e. The van der Waals surface area contributed by atoms with Crippen LogP contribution in [0.3, 0.4) is 0 Å². The Morgan fingerprint density at radius 1 is 1.23 bits per heavy atom. The van der Waals surface area contributed by atoms with Crippen LogP contribution in [0.5, 0.6) is 0 Å². The van der Waals surface area contributed by atoms with Crippen molar-refractivity contribution in [3.05, 3.63) is 29.8 Å². The molecule has 1 saturated heterocycles. The SMILES string of the molecule is CCCC(=O)NC1CCCN(C(=O)c2ccc(S(=O)(=O)C(C)C)cc2)C1. The highest BCUT2D eigenvalue weighted by Gasteiger charge is 2.26. The van der Waals surface area contributed by atoms with E-state index in [0.717, 1.165) is 19.3 Å². The van der Waals surface area contributed by atoms with Crippen molar-refractivity contribution < 1.29 is 18.0 Å². The minimum absolute atomic E-state index is 0.0210. The number of rotatable bonds is 6. The van der Waals surface area contributed by atoms with Gasteiger partial charge in [0.25, 0.3) is 5.91 Å². The highest BCUT2D eigenvalue weighted by molar-refractivity contribution is 7.92. The number of piperidine rings is 1. The Morgan fingerprint density at radius 3 is 2.46 bits per heavy atom. The van der Waals surface area contributed by atoms with Crippen LogP contribution in [0.4, 0.5) is 0 Å². The van der Waals surface area contributed by atoms with E-state index in [1.807, 2.05) is 6.92 Å². The quantitative estimate of drug-likeness (QED) is 0.821. The third-order valence-electron chi connectivity index (χ3n) is 4.60. The third kappa shape index (κ3) is 4.84. The maximum atomic E-state index is 12.7. The Bertz CT molecular complexity index is 741. The molecule has 1 aliphatic rings. The lowest BCUT2D eigenvalue weighted by Crippen LogP contribution is -2.49. The van der Waals surface area contributed by atoms with Gasteiger partial charge in [0, 0.05) is 31.1 Å². The molecule has 6 nitrogen and oxygen atoms in total. The first-order valence-electron chi connectivity index (χ1n) is 9.18. The maximum Gasteiger partial charge on any atom is 0.253 e. The maximum absolute atomic E-state index is 12.7. The fourth-order valence-corrected chi connectivity index (χ4v) is 4.11. The summed E-state index contributed by atoms with van der Waals surface area (Å²) in [4.78, 5) is 26.4. The standard InChI is InChI=1S/C19H28N2O4S/c1-4-6-18(22)20-16-7-5-12-21(13-16)19(23)15-8-10-17(11-9-15)26(24,25)14(2)3/h8-11,14,16H,4-7,12-13H2,1-3H3,(H,20,22). The molecule has 7 heteroatoms. The number of carbonyl (C=O) groups excluding carboxylic acids is 2. The van der Waals surface area contributed by atoms with Crippen molar-refractivity contribution in [2.45, 2.75) is 62.6 Å². The summed E-state index contributed by atoms with van der Waals surface area (Å²) in [5.74, 6) is -0.108. The average molecular weight is 381 g/mol. The van der Waals surface area contributed by atoms with Gasteiger partial charge >= 0.3 is 0 Å². The molecule has 0 bridgehead atoms. The Balaban J connectivity index is 2.05. The second-order valence-electron chi connectivity index (χ2n) is 7.03. The molecule has 144 valence electrons. The second kappa shape index (κ2) is 8.66. The molecule has 2 amide bonds. The van der Waals surface area contributed by atoms with Crippen LogP contribution in [0.15, 0.2) is 29.2 Å². The minimum atomic E-state index is -3.34. The van der Waals surface area contributed by atoms with E-state index in [1.165, 1.54) is 12.1 Å². The topological polar surface area (TPSA) is 83.6 Å². The van der Waals surface area contributed by atoms with E-state index in [2.05, 4.69) is 5.32 Å². The van der Waals surface area contributed by atoms with Crippen molar-refractivity contribution in [1.82, 2.24) is 10.2 Å². The molecule has 1 aromatic rings. The monoisotopic (exact) mass is 380 g/mol. The van der Waals surface area contributed by atoms with Gasteiger partial charge in [-0.1, -0.05) is 6.92 Å². The summed E-state index contributed by atoms with van der Waals surface area (Å²) in [5.41, 5.74) is 0.466. The van der Waals surface area contributed by atoms with Crippen molar-refractivity contribution in [3.63, 3.8) is 0 Å². The van der Waals surface area contributed by atoms with Gasteiger partial charge in [-0.25, -0.2) is 8.42 Å². The molecule has 0 saturated carbocycles. The van der Waals surface area contributed by atoms with Crippen molar-refractivity contribution in [1.29, 1.82) is 0 Å². The fourth-order valence-electron chi connectivity index (χ4n) is 3.05. The number of benzene rings is 1. The van der Waals surface area contributed by atoms with E-state index in [1.54, 1.807) is 30.9 Å². The Labute approximate surface area is 155 Å². The van der Waals surface area contributed by atoms with Gasteiger partial charge < -0.3 is 10.2 Å². The molecular weight excluding hydrogens is 352 g/mol. The Kier molecular flexibility index (Phi) is 6.81. The van der Waals surface area contributed by atoms with Crippen molar-refractivity contribution in [3.8, 4) is 0 Å². The summed E-state index contributed by atoms with van der Waals surface area (Å²) in [6.45, 7) is 6.36. The van der Waals surface area contributed by atoms with E-state index < -0.39 is 15.1 Å². The van der Waals surface area contributed by atoms with Crippen LogP contribution in [0, 0.1) is 0 Å². The molecule has 1 N–H and O–H groups in total. The van der Waals surface area contributed by atoms with E-state index in [9.17, 15) is 18.0 Å². The summed E-state index contributed by atoms with van der Waals surface area (Å²) in [6, 6.07) is 6.10. The molecule has 0 aromatic heterocycles. The number of hydrogen-bond donors (Lipinski definition) is 1. The van der Waals surface area contributed by atoms with E-state index in [-0.39, 0.29) is 22.8 Å². The molecule has 2 rings (SSSR count). The molecular formula is C19H28N2O4S. The summed E-state index contributed by atoms with van der Waals surface area (Å²) in [5, 5.41) is 2.48. The Hall–Kier alpha value is -1.89. The normalized spacial score (nSPS) is 18.0. The van der Waals surface area contributed by atoms with Crippen LogP contribution in [0.1, 0.15) is 56.8 Å². The van der Waals surface area contributed by atoms with Crippen molar-refractivity contribution >= 4 is 21.7 Å². The zero-order valence-corrected chi connectivity index (χ0v) is 16.5. The number of hydrogen-bond acceptors (Lipinski definition) is 4. The summed E-state index contributed by atoms with van der Waals surface area (Å²) in [6.07, 6.45) is 3.00. The van der Waals surface area contributed by atoms with Gasteiger partial charge in [-0.15, -0.1) is 0 Å². The molecule has 1 heterocycles. The van der Waals surface area contributed by atoms with Crippen LogP contribution in [0.2, 0.25) is 0 Å². The largest absolute Gasteiger partial charge is 0.352 e. The van der Waals surface area contributed by atoms with Gasteiger partial charge in [-0.2, -0.15) is 0 Å². The lowest BCUT2D eigenvalue weighted by molar-refractivity contribution is -0.122. The third-order valence-corrected chi connectivity index (χ3v) is 6.77. The summed E-state index contributed by atoms with van der Waals surface area (Å²) >= 11 is 0. The van der Waals surface area contributed by atoms with Crippen LogP contribution < -0.4 is 5.32 Å². The van der Waals surface area contributed by atoms with Gasteiger partial charge in [0.1, 0.15) is 0 Å². The number of nitrogens with zero attached hydrogens (tertiary/aromatic N) is 1. The predicted octanol–water partition coefficient (Wildman–Crippen LogP) is 2.39. The lowest BCUT2D eigenvalue weighted by atomic mass is 10.0. The van der Waals surface area contributed by atoms with Crippen LogP contribution in [-0.2, 0) is 14.6 Å². The van der Waals surface area contributed by atoms with Crippen LogP contribution in [-0.4, -0.2) is 49.5 Å². The number of likely N-dealkylation sites (tertiary alicyclic amines) is 1. The number of amides is 2. The molecule has 0 spiro atoms. The van der Waals surface area contributed by atoms with E-state index in [0.29, 0.717) is 25.1 Å². The number of sulfone groups is 1.